The largest absolute Gasteiger partial charge is 0.341 e. The summed E-state index contributed by atoms with van der Waals surface area (Å²) < 4.78 is 1.08. The number of thioether (sulfide) groups is 1. The summed E-state index contributed by atoms with van der Waals surface area (Å²) in [5, 5.41) is 3.38. The van der Waals surface area contributed by atoms with E-state index in [4.69, 9.17) is 0 Å². The third-order valence-electron chi connectivity index (χ3n) is 2.73. The molecule has 0 aliphatic heterocycles. The standard InChI is InChI=1S/C15H18BrN3S/c1-2-8-20-9-7-17-11-15-18-10-14(19-15)12-3-5-13(16)6-4-12/h2-6,10,17H,1,7-9,11H2,(H,18,19). The molecule has 0 aliphatic rings. The maximum Gasteiger partial charge on any atom is 0.120 e. The monoisotopic (exact) mass is 351 g/mol. The fourth-order valence-corrected chi connectivity index (χ4v) is 2.63. The van der Waals surface area contributed by atoms with Gasteiger partial charge < -0.3 is 10.3 Å². The lowest BCUT2D eigenvalue weighted by Gasteiger charge is -2.01. The van der Waals surface area contributed by atoms with E-state index in [-0.39, 0.29) is 0 Å². The summed E-state index contributed by atoms with van der Waals surface area (Å²) in [5.41, 5.74) is 2.20. The summed E-state index contributed by atoms with van der Waals surface area (Å²) in [4.78, 5) is 7.74. The van der Waals surface area contributed by atoms with Gasteiger partial charge in [0.05, 0.1) is 18.4 Å². The molecule has 0 aliphatic carbocycles. The number of imidazole rings is 1. The maximum atomic E-state index is 4.40. The van der Waals surface area contributed by atoms with E-state index >= 15 is 0 Å². The zero-order valence-corrected chi connectivity index (χ0v) is 13.6. The third kappa shape index (κ3) is 4.81. The smallest absolute Gasteiger partial charge is 0.120 e. The molecule has 2 N–H and O–H groups in total. The number of nitrogens with one attached hydrogen (secondary N) is 2. The molecule has 0 radical (unpaired) electrons. The summed E-state index contributed by atoms with van der Waals surface area (Å²) in [5.74, 6) is 3.07. The van der Waals surface area contributed by atoms with Crippen molar-refractivity contribution in [3.63, 3.8) is 0 Å². The molecule has 1 heterocycles. The Bertz CT molecular complexity index is 536. The van der Waals surface area contributed by atoms with Crippen LogP contribution in [0.25, 0.3) is 11.3 Å². The Morgan fingerprint density at radius 2 is 2.15 bits per heavy atom. The molecule has 3 nitrogen and oxygen atoms in total. The van der Waals surface area contributed by atoms with Crippen molar-refractivity contribution in [2.24, 2.45) is 0 Å². The molecule has 1 aromatic heterocycles. The Kier molecular flexibility index (Phi) is 6.36. The number of nitrogens with zero attached hydrogens (tertiary/aromatic N) is 1. The van der Waals surface area contributed by atoms with Gasteiger partial charge >= 0.3 is 0 Å². The van der Waals surface area contributed by atoms with Crippen LogP contribution in [0.1, 0.15) is 5.82 Å². The minimum atomic E-state index is 0.769. The topological polar surface area (TPSA) is 40.7 Å². The van der Waals surface area contributed by atoms with Crippen molar-refractivity contribution in [1.82, 2.24) is 15.3 Å². The molecule has 0 bridgehead atoms. The molecular formula is C15H18BrN3S. The van der Waals surface area contributed by atoms with Crippen LogP contribution in [0, 0.1) is 0 Å². The number of halogens is 1. The van der Waals surface area contributed by atoms with Crippen molar-refractivity contribution >= 4 is 27.7 Å². The van der Waals surface area contributed by atoms with Gasteiger partial charge in [-0.1, -0.05) is 34.1 Å². The number of rotatable bonds is 8. The number of benzene rings is 1. The second-order valence-corrected chi connectivity index (χ2v) is 6.36. The Hall–Kier alpha value is -1.04. The number of H-pyrrole nitrogens is 1. The van der Waals surface area contributed by atoms with Gasteiger partial charge in [0, 0.05) is 22.5 Å². The Morgan fingerprint density at radius 1 is 1.35 bits per heavy atom. The average Bonchev–Trinajstić information content (AvgIpc) is 2.92. The quantitative estimate of drug-likeness (QED) is 0.560. The van der Waals surface area contributed by atoms with Gasteiger partial charge in [0.2, 0.25) is 0 Å². The van der Waals surface area contributed by atoms with Crippen LogP contribution in [0.15, 0.2) is 47.6 Å². The zero-order valence-electron chi connectivity index (χ0n) is 11.2. The molecule has 1 aromatic carbocycles. The highest BCUT2D eigenvalue weighted by atomic mass is 79.9. The molecule has 5 heteroatoms. The second-order valence-electron chi connectivity index (χ2n) is 4.29. The van der Waals surface area contributed by atoms with Gasteiger partial charge in [-0.05, 0) is 17.7 Å². The molecule has 20 heavy (non-hydrogen) atoms. The Labute approximate surface area is 132 Å². The predicted octanol–water partition coefficient (Wildman–Crippen LogP) is 3.85. The fourth-order valence-electron chi connectivity index (χ4n) is 1.75. The second kappa shape index (κ2) is 8.29. The predicted molar refractivity (Wildman–Crippen MR) is 91.0 cm³/mol. The van der Waals surface area contributed by atoms with Gasteiger partial charge in [0.25, 0.3) is 0 Å². The molecule has 0 amide bonds. The van der Waals surface area contributed by atoms with E-state index in [1.165, 1.54) is 0 Å². The number of hydrogen-bond acceptors (Lipinski definition) is 3. The van der Waals surface area contributed by atoms with Crippen LogP contribution >= 0.6 is 27.7 Å². The van der Waals surface area contributed by atoms with Crippen LogP contribution in [-0.4, -0.2) is 28.0 Å². The van der Waals surface area contributed by atoms with E-state index in [1.54, 1.807) is 0 Å². The Balaban J connectivity index is 1.80. The number of aromatic amines is 1. The maximum absolute atomic E-state index is 4.40. The van der Waals surface area contributed by atoms with Gasteiger partial charge in [-0.25, -0.2) is 4.98 Å². The van der Waals surface area contributed by atoms with Crippen LogP contribution in [0.3, 0.4) is 0 Å². The molecule has 2 aromatic rings. The summed E-state index contributed by atoms with van der Waals surface area (Å²) >= 11 is 5.32. The average molecular weight is 352 g/mol. The molecule has 0 atom stereocenters. The van der Waals surface area contributed by atoms with Crippen LogP contribution in [0.5, 0.6) is 0 Å². The van der Waals surface area contributed by atoms with Crippen LogP contribution in [0.2, 0.25) is 0 Å². The minimum Gasteiger partial charge on any atom is -0.341 e. The summed E-state index contributed by atoms with van der Waals surface area (Å²) in [6.45, 7) is 5.45. The van der Waals surface area contributed by atoms with Gasteiger partial charge in [-0.3, -0.25) is 0 Å². The van der Waals surface area contributed by atoms with Crippen molar-refractivity contribution in [3.8, 4) is 11.3 Å². The first-order valence-corrected chi connectivity index (χ1v) is 8.43. The summed E-state index contributed by atoms with van der Waals surface area (Å²) in [6.07, 6.45) is 3.81. The highest BCUT2D eigenvalue weighted by Gasteiger charge is 2.02. The molecule has 0 saturated carbocycles. The van der Waals surface area contributed by atoms with Crippen molar-refractivity contribution < 1.29 is 0 Å². The molecule has 2 rings (SSSR count). The van der Waals surface area contributed by atoms with Crippen LogP contribution in [0.4, 0.5) is 0 Å². The van der Waals surface area contributed by atoms with Crippen LogP contribution < -0.4 is 5.32 Å². The van der Waals surface area contributed by atoms with E-state index < -0.39 is 0 Å². The molecule has 0 unspecified atom stereocenters. The molecular weight excluding hydrogens is 334 g/mol. The lowest BCUT2D eigenvalue weighted by Crippen LogP contribution is -2.17. The van der Waals surface area contributed by atoms with Gasteiger partial charge in [-0.15, -0.1) is 6.58 Å². The van der Waals surface area contributed by atoms with E-state index in [9.17, 15) is 0 Å². The number of aromatic nitrogens is 2. The first kappa shape index (κ1) is 15.4. The molecule has 0 spiro atoms. The van der Waals surface area contributed by atoms with Crippen molar-refractivity contribution in [3.05, 3.63) is 53.4 Å². The first-order chi connectivity index (χ1) is 9.79. The number of hydrogen-bond donors (Lipinski definition) is 2. The van der Waals surface area contributed by atoms with Gasteiger partial charge in [0.1, 0.15) is 5.82 Å². The highest BCUT2D eigenvalue weighted by molar-refractivity contribution is 9.10. The van der Waals surface area contributed by atoms with Gasteiger partial charge in [-0.2, -0.15) is 11.8 Å². The van der Waals surface area contributed by atoms with Crippen molar-refractivity contribution in [2.45, 2.75) is 6.54 Å². The summed E-state index contributed by atoms with van der Waals surface area (Å²) in [6, 6.07) is 8.21. The van der Waals surface area contributed by atoms with E-state index in [1.807, 2.05) is 36.2 Å². The normalized spacial score (nSPS) is 10.7. The van der Waals surface area contributed by atoms with Crippen LogP contribution in [-0.2, 0) is 6.54 Å². The molecule has 0 saturated heterocycles. The van der Waals surface area contributed by atoms with Crippen molar-refractivity contribution in [2.75, 3.05) is 18.1 Å². The lowest BCUT2D eigenvalue weighted by molar-refractivity contribution is 0.703. The third-order valence-corrected chi connectivity index (χ3v) is 4.23. The minimum absolute atomic E-state index is 0.769. The highest BCUT2D eigenvalue weighted by Crippen LogP contribution is 2.19. The fraction of sp³-hybridized carbons (Fsp3) is 0.267. The summed E-state index contributed by atoms with van der Waals surface area (Å²) in [7, 11) is 0. The van der Waals surface area contributed by atoms with E-state index in [2.05, 4.69) is 49.9 Å². The van der Waals surface area contributed by atoms with Crippen molar-refractivity contribution in [1.29, 1.82) is 0 Å². The van der Waals surface area contributed by atoms with Gasteiger partial charge in [0.15, 0.2) is 0 Å². The van der Waals surface area contributed by atoms with E-state index in [0.29, 0.717) is 0 Å². The SMILES string of the molecule is C=CCSCCNCc1ncc(-c2ccc(Br)cc2)[nH]1. The lowest BCUT2D eigenvalue weighted by atomic mass is 10.2. The molecule has 106 valence electrons. The zero-order chi connectivity index (χ0) is 14.2. The first-order valence-electron chi connectivity index (χ1n) is 6.49. The Morgan fingerprint density at radius 3 is 2.90 bits per heavy atom. The van der Waals surface area contributed by atoms with E-state index in [0.717, 1.165) is 46.1 Å². The molecule has 0 fully saturated rings.